The van der Waals surface area contributed by atoms with Crippen LogP contribution >= 0.6 is 34.7 Å². The van der Waals surface area contributed by atoms with E-state index in [4.69, 9.17) is 21.3 Å². The monoisotopic (exact) mass is 494 g/mol. The molecular formula is C25H23ClN4OS2. The van der Waals surface area contributed by atoms with Gasteiger partial charge in [-0.05, 0) is 32.9 Å². The van der Waals surface area contributed by atoms with Crippen molar-refractivity contribution in [3.05, 3.63) is 89.1 Å². The van der Waals surface area contributed by atoms with E-state index in [-0.39, 0.29) is 6.61 Å². The molecule has 3 aromatic heterocycles. The molecule has 0 amide bonds. The number of halogens is 1. The SMILES string of the molecule is C=C(C)N(/C=C\C)c1cc(C)nc2c(OCc3c(Cl)cncc3Sc3nccs3)cccc12. The third-order valence-electron chi connectivity index (χ3n) is 4.82. The Balaban J connectivity index is 1.71. The van der Waals surface area contributed by atoms with Gasteiger partial charge in [0.25, 0.3) is 0 Å². The Kier molecular flexibility index (Phi) is 7.33. The molecule has 0 saturated heterocycles. The Hall–Kier alpha value is -2.87. The number of aryl methyl sites for hydroxylation is 1. The lowest BCUT2D eigenvalue weighted by atomic mass is 10.1. The first kappa shape index (κ1) is 23.3. The molecule has 1 aromatic carbocycles. The largest absolute Gasteiger partial charge is 0.487 e. The molecule has 0 bridgehead atoms. The Morgan fingerprint density at radius 1 is 1.33 bits per heavy atom. The molecular weight excluding hydrogens is 472 g/mol. The highest BCUT2D eigenvalue weighted by atomic mass is 35.5. The number of anilines is 1. The van der Waals surface area contributed by atoms with E-state index in [1.54, 1.807) is 29.9 Å². The number of rotatable bonds is 8. The number of benzene rings is 1. The van der Waals surface area contributed by atoms with E-state index < -0.39 is 0 Å². The second kappa shape index (κ2) is 10.4. The van der Waals surface area contributed by atoms with E-state index >= 15 is 0 Å². The molecule has 0 radical (unpaired) electrons. The molecule has 3 heterocycles. The topological polar surface area (TPSA) is 51.1 Å². The number of allylic oxidation sites excluding steroid dienone is 2. The fourth-order valence-corrected chi connectivity index (χ4v) is 5.35. The van der Waals surface area contributed by atoms with Crippen molar-refractivity contribution in [3.63, 3.8) is 0 Å². The van der Waals surface area contributed by atoms with Crippen LogP contribution in [0.5, 0.6) is 5.75 Å². The minimum atomic E-state index is 0.290. The van der Waals surface area contributed by atoms with Gasteiger partial charge in [-0.25, -0.2) is 9.97 Å². The van der Waals surface area contributed by atoms with Crippen molar-refractivity contribution < 1.29 is 4.74 Å². The van der Waals surface area contributed by atoms with Crippen LogP contribution in [0.3, 0.4) is 0 Å². The van der Waals surface area contributed by atoms with Crippen LogP contribution in [0.2, 0.25) is 5.02 Å². The van der Waals surface area contributed by atoms with Crippen LogP contribution in [0.25, 0.3) is 10.9 Å². The van der Waals surface area contributed by atoms with E-state index in [0.717, 1.165) is 42.8 Å². The third-order valence-corrected chi connectivity index (χ3v) is 7.10. The summed E-state index contributed by atoms with van der Waals surface area (Å²) in [6, 6.07) is 8.02. The van der Waals surface area contributed by atoms with Crippen molar-refractivity contribution in [1.82, 2.24) is 15.0 Å². The zero-order chi connectivity index (χ0) is 23.4. The van der Waals surface area contributed by atoms with Crippen LogP contribution < -0.4 is 9.64 Å². The summed E-state index contributed by atoms with van der Waals surface area (Å²) < 4.78 is 7.22. The first-order valence-corrected chi connectivity index (χ1v) is 12.4. The summed E-state index contributed by atoms with van der Waals surface area (Å²) >= 11 is 9.61. The molecule has 5 nitrogen and oxygen atoms in total. The minimum Gasteiger partial charge on any atom is -0.487 e. The lowest BCUT2D eigenvalue weighted by molar-refractivity contribution is 0.306. The molecule has 0 aliphatic carbocycles. The highest BCUT2D eigenvalue weighted by Crippen LogP contribution is 2.37. The second-order valence-corrected chi connectivity index (χ2v) is 9.90. The number of hydrogen-bond acceptors (Lipinski definition) is 7. The molecule has 0 saturated carbocycles. The third kappa shape index (κ3) is 5.21. The lowest BCUT2D eigenvalue weighted by Crippen LogP contribution is -2.13. The first-order valence-electron chi connectivity index (χ1n) is 10.3. The Morgan fingerprint density at radius 3 is 2.91 bits per heavy atom. The fourth-order valence-electron chi connectivity index (χ4n) is 3.38. The summed E-state index contributed by atoms with van der Waals surface area (Å²) in [6.07, 6.45) is 9.21. The van der Waals surface area contributed by atoms with Gasteiger partial charge in [0.15, 0.2) is 4.34 Å². The number of ether oxygens (including phenoxy) is 1. The van der Waals surface area contributed by atoms with Crippen LogP contribution in [-0.2, 0) is 6.61 Å². The number of pyridine rings is 2. The molecule has 0 N–H and O–H groups in total. The van der Waals surface area contributed by atoms with Crippen molar-refractivity contribution in [2.45, 2.75) is 36.6 Å². The zero-order valence-electron chi connectivity index (χ0n) is 18.6. The molecule has 0 unspecified atom stereocenters. The van der Waals surface area contributed by atoms with Gasteiger partial charge in [-0.15, -0.1) is 11.3 Å². The molecule has 4 aromatic rings. The minimum absolute atomic E-state index is 0.290. The summed E-state index contributed by atoms with van der Waals surface area (Å²) in [4.78, 5) is 16.4. The van der Waals surface area contributed by atoms with Gasteiger partial charge in [0, 0.05) is 57.4 Å². The predicted molar refractivity (Wildman–Crippen MR) is 138 cm³/mol. The number of thiazole rings is 1. The van der Waals surface area contributed by atoms with Crippen molar-refractivity contribution in [2.75, 3.05) is 4.90 Å². The predicted octanol–water partition coefficient (Wildman–Crippen LogP) is 7.65. The van der Waals surface area contributed by atoms with Gasteiger partial charge in [-0.2, -0.15) is 0 Å². The molecule has 0 fully saturated rings. The van der Waals surface area contributed by atoms with Gasteiger partial charge in [0.1, 0.15) is 17.9 Å². The van der Waals surface area contributed by atoms with Crippen LogP contribution in [0.4, 0.5) is 5.69 Å². The average molecular weight is 495 g/mol. The first-order chi connectivity index (χ1) is 16.0. The van der Waals surface area contributed by atoms with Gasteiger partial charge in [0.05, 0.1) is 10.7 Å². The van der Waals surface area contributed by atoms with Crippen LogP contribution in [0, 0.1) is 6.92 Å². The zero-order valence-corrected chi connectivity index (χ0v) is 21.0. The molecule has 0 aliphatic rings. The fraction of sp³-hybridized carbons (Fsp3) is 0.160. The number of aromatic nitrogens is 3. The summed E-state index contributed by atoms with van der Waals surface area (Å²) in [7, 11) is 0. The Morgan fingerprint density at radius 2 is 2.18 bits per heavy atom. The highest BCUT2D eigenvalue weighted by molar-refractivity contribution is 8.01. The molecule has 0 atom stereocenters. The number of hydrogen-bond donors (Lipinski definition) is 0. The summed E-state index contributed by atoms with van der Waals surface area (Å²) in [5, 5.41) is 3.49. The van der Waals surface area contributed by atoms with Gasteiger partial charge in [-0.3, -0.25) is 4.98 Å². The van der Waals surface area contributed by atoms with Crippen LogP contribution in [0.1, 0.15) is 25.1 Å². The maximum absolute atomic E-state index is 6.50. The average Bonchev–Trinajstić information content (AvgIpc) is 3.29. The van der Waals surface area contributed by atoms with Gasteiger partial charge < -0.3 is 9.64 Å². The van der Waals surface area contributed by atoms with E-state index in [0.29, 0.717) is 10.8 Å². The van der Waals surface area contributed by atoms with Gasteiger partial charge in [0.2, 0.25) is 0 Å². The van der Waals surface area contributed by atoms with Crippen LogP contribution in [0.15, 0.2) is 82.0 Å². The Bertz CT molecular complexity index is 1320. The summed E-state index contributed by atoms with van der Waals surface area (Å²) in [5.74, 6) is 0.692. The van der Waals surface area contributed by atoms with E-state index in [1.165, 1.54) is 11.8 Å². The standard InChI is InChI=1S/C25H23ClN4OS2/c1-5-10-30(16(2)3)21-12-17(4)29-24-18(21)7-6-8-22(24)31-15-19-20(26)13-27-14-23(19)33-25-28-9-11-32-25/h5-14H,2,15H2,1,3-4H3/b10-5-. The van der Waals surface area contributed by atoms with Crippen molar-refractivity contribution in [2.24, 2.45) is 0 Å². The summed E-state index contributed by atoms with van der Waals surface area (Å²) in [5.41, 5.74) is 4.48. The molecule has 4 rings (SSSR count). The lowest BCUT2D eigenvalue weighted by Gasteiger charge is -2.23. The molecule has 168 valence electrons. The van der Waals surface area contributed by atoms with Crippen LogP contribution in [-0.4, -0.2) is 15.0 Å². The maximum Gasteiger partial charge on any atom is 0.154 e. The van der Waals surface area contributed by atoms with Crippen molar-refractivity contribution in [1.29, 1.82) is 0 Å². The van der Waals surface area contributed by atoms with Gasteiger partial charge in [-0.1, -0.05) is 48.2 Å². The molecule has 33 heavy (non-hydrogen) atoms. The van der Waals surface area contributed by atoms with E-state index in [2.05, 4.69) is 27.5 Å². The normalized spacial score (nSPS) is 11.3. The molecule has 0 aliphatic heterocycles. The molecule has 8 heteroatoms. The van der Waals surface area contributed by atoms with E-state index in [9.17, 15) is 0 Å². The quantitative estimate of drug-likeness (QED) is 0.250. The van der Waals surface area contributed by atoms with Crippen molar-refractivity contribution >= 4 is 51.3 Å². The second-order valence-electron chi connectivity index (χ2n) is 7.31. The van der Waals surface area contributed by atoms with Crippen molar-refractivity contribution in [3.8, 4) is 5.75 Å². The maximum atomic E-state index is 6.50. The Labute approximate surface area is 206 Å². The summed E-state index contributed by atoms with van der Waals surface area (Å²) in [6.45, 7) is 10.4. The highest BCUT2D eigenvalue weighted by Gasteiger charge is 2.16. The number of fused-ring (bicyclic) bond motifs is 1. The van der Waals surface area contributed by atoms with E-state index in [1.807, 2.05) is 56.6 Å². The molecule has 0 spiro atoms. The van der Waals surface area contributed by atoms with Gasteiger partial charge >= 0.3 is 0 Å². The number of para-hydroxylation sites is 1. The number of nitrogens with zero attached hydrogens (tertiary/aromatic N) is 4. The smallest absolute Gasteiger partial charge is 0.154 e.